The van der Waals surface area contributed by atoms with Crippen molar-refractivity contribution in [1.29, 1.82) is 0 Å². The van der Waals surface area contributed by atoms with Crippen molar-refractivity contribution in [3.63, 3.8) is 0 Å². The van der Waals surface area contributed by atoms with Crippen molar-refractivity contribution in [3.8, 4) is 0 Å². The van der Waals surface area contributed by atoms with E-state index < -0.39 is 23.5 Å². The average Bonchev–Trinajstić information content (AvgIpc) is 2.49. The maximum Gasteiger partial charge on any atom is 0.319 e. The number of hydrogen-bond donors (Lipinski definition) is 2. The fraction of sp³-hybridized carbons (Fsp3) is 0.533. The molecule has 0 heterocycles. The molecule has 1 aliphatic rings. The van der Waals surface area contributed by atoms with Crippen LogP contribution in [0.3, 0.4) is 0 Å². The molecule has 0 saturated heterocycles. The van der Waals surface area contributed by atoms with E-state index in [2.05, 4.69) is 10.6 Å². The van der Waals surface area contributed by atoms with Gasteiger partial charge in [0.1, 0.15) is 0 Å². The SMILES string of the molecule is O=C(NCCC1CCCCC1)Nc1ccc(F)c(F)c1F. The monoisotopic (exact) mass is 300 g/mol. The van der Waals surface area contributed by atoms with Gasteiger partial charge in [-0.15, -0.1) is 0 Å². The van der Waals surface area contributed by atoms with Crippen LogP contribution < -0.4 is 10.6 Å². The molecular weight excluding hydrogens is 281 g/mol. The Bertz CT molecular complexity index is 502. The molecule has 1 aliphatic carbocycles. The van der Waals surface area contributed by atoms with Crippen LogP contribution >= 0.6 is 0 Å². The zero-order chi connectivity index (χ0) is 15.2. The molecule has 0 unspecified atom stereocenters. The highest BCUT2D eigenvalue weighted by molar-refractivity contribution is 5.89. The minimum Gasteiger partial charge on any atom is -0.338 e. The second kappa shape index (κ2) is 7.33. The van der Waals surface area contributed by atoms with Gasteiger partial charge in [0.2, 0.25) is 0 Å². The summed E-state index contributed by atoms with van der Waals surface area (Å²) in [6.45, 7) is 0.488. The summed E-state index contributed by atoms with van der Waals surface area (Å²) in [6, 6.07) is 1.15. The first kappa shape index (κ1) is 15.7. The molecule has 1 aromatic carbocycles. The summed E-state index contributed by atoms with van der Waals surface area (Å²) in [6.07, 6.45) is 6.99. The molecule has 0 radical (unpaired) electrons. The lowest BCUT2D eigenvalue weighted by atomic mass is 9.87. The van der Waals surface area contributed by atoms with Crippen molar-refractivity contribution in [3.05, 3.63) is 29.6 Å². The Balaban J connectivity index is 1.78. The van der Waals surface area contributed by atoms with E-state index >= 15 is 0 Å². The molecule has 2 amide bonds. The second-order valence-corrected chi connectivity index (χ2v) is 5.40. The standard InChI is InChI=1S/C15H19F3N2O/c16-11-6-7-12(14(18)13(11)17)20-15(21)19-9-8-10-4-2-1-3-5-10/h6-7,10H,1-5,8-9H2,(H2,19,20,21). The van der Waals surface area contributed by atoms with Crippen LogP contribution in [0.2, 0.25) is 0 Å². The first-order valence-corrected chi connectivity index (χ1v) is 7.26. The largest absolute Gasteiger partial charge is 0.338 e. The van der Waals surface area contributed by atoms with E-state index in [9.17, 15) is 18.0 Å². The second-order valence-electron chi connectivity index (χ2n) is 5.40. The van der Waals surface area contributed by atoms with Crippen LogP contribution in [0.25, 0.3) is 0 Å². The van der Waals surface area contributed by atoms with Crippen molar-refractivity contribution in [2.75, 3.05) is 11.9 Å². The number of rotatable bonds is 4. The Morgan fingerprint density at radius 2 is 1.81 bits per heavy atom. The third-order valence-electron chi connectivity index (χ3n) is 3.85. The summed E-state index contributed by atoms with van der Waals surface area (Å²) < 4.78 is 39.2. The molecule has 1 fully saturated rings. The van der Waals surface area contributed by atoms with Crippen molar-refractivity contribution in [2.24, 2.45) is 5.92 Å². The molecule has 0 aliphatic heterocycles. The van der Waals surface area contributed by atoms with Crippen LogP contribution in [-0.2, 0) is 0 Å². The molecule has 1 saturated carbocycles. The predicted octanol–water partition coefficient (Wildman–Crippen LogP) is 4.20. The Morgan fingerprint density at radius 1 is 1.10 bits per heavy atom. The molecule has 6 heteroatoms. The molecule has 0 bridgehead atoms. The quantitative estimate of drug-likeness (QED) is 0.804. The van der Waals surface area contributed by atoms with Crippen molar-refractivity contribution in [2.45, 2.75) is 38.5 Å². The Labute approximate surface area is 121 Å². The average molecular weight is 300 g/mol. The summed E-state index contributed by atoms with van der Waals surface area (Å²) in [4.78, 5) is 11.6. The van der Waals surface area contributed by atoms with Gasteiger partial charge in [-0.1, -0.05) is 32.1 Å². The van der Waals surface area contributed by atoms with Crippen LogP contribution in [0.4, 0.5) is 23.7 Å². The third-order valence-corrected chi connectivity index (χ3v) is 3.85. The first-order chi connectivity index (χ1) is 10.1. The minimum atomic E-state index is -1.59. The minimum absolute atomic E-state index is 0.371. The molecule has 0 atom stereocenters. The van der Waals surface area contributed by atoms with Crippen LogP contribution in [-0.4, -0.2) is 12.6 Å². The number of carbonyl (C=O) groups excluding carboxylic acids is 1. The van der Waals surface area contributed by atoms with Crippen LogP contribution in [0.15, 0.2) is 12.1 Å². The molecule has 0 spiro atoms. The third kappa shape index (κ3) is 4.37. The van der Waals surface area contributed by atoms with Crippen molar-refractivity contribution in [1.82, 2.24) is 5.32 Å². The number of amides is 2. The lowest BCUT2D eigenvalue weighted by molar-refractivity contribution is 0.250. The number of halogens is 3. The van der Waals surface area contributed by atoms with E-state index in [1.54, 1.807) is 0 Å². The summed E-state index contributed by atoms with van der Waals surface area (Å²) in [5.41, 5.74) is -0.371. The highest BCUT2D eigenvalue weighted by Crippen LogP contribution is 2.25. The lowest BCUT2D eigenvalue weighted by Gasteiger charge is -2.21. The maximum atomic E-state index is 13.4. The van der Waals surface area contributed by atoms with Crippen molar-refractivity contribution < 1.29 is 18.0 Å². The molecule has 0 aromatic heterocycles. The van der Waals surface area contributed by atoms with E-state index in [1.807, 2.05) is 0 Å². The van der Waals surface area contributed by atoms with Gasteiger partial charge in [-0.2, -0.15) is 0 Å². The van der Waals surface area contributed by atoms with Gasteiger partial charge in [0, 0.05) is 6.54 Å². The van der Waals surface area contributed by atoms with E-state index in [0.29, 0.717) is 12.5 Å². The number of benzene rings is 1. The maximum absolute atomic E-state index is 13.4. The number of anilines is 1. The molecule has 21 heavy (non-hydrogen) atoms. The van der Waals surface area contributed by atoms with Crippen LogP contribution in [0, 0.1) is 23.4 Å². The highest BCUT2D eigenvalue weighted by atomic mass is 19.2. The van der Waals surface area contributed by atoms with E-state index in [1.165, 1.54) is 32.1 Å². The number of nitrogens with one attached hydrogen (secondary N) is 2. The van der Waals surface area contributed by atoms with Gasteiger partial charge < -0.3 is 10.6 Å². The van der Waals surface area contributed by atoms with E-state index in [0.717, 1.165) is 18.6 Å². The summed E-state index contributed by atoms with van der Waals surface area (Å²) >= 11 is 0. The highest BCUT2D eigenvalue weighted by Gasteiger charge is 2.16. The topological polar surface area (TPSA) is 41.1 Å². The van der Waals surface area contributed by atoms with Gasteiger partial charge in [0.15, 0.2) is 17.5 Å². The van der Waals surface area contributed by atoms with E-state index in [-0.39, 0.29) is 5.69 Å². The number of urea groups is 1. The number of carbonyl (C=O) groups is 1. The van der Waals surface area contributed by atoms with Gasteiger partial charge in [-0.3, -0.25) is 0 Å². The molecule has 3 nitrogen and oxygen atoms in total. The fourth-order valence-corrected chi connectivity index (χ4v) is 2.65. The van der Waals surface area contributed by atoms with Gasteiger partial charge in [-0.25, -0.2) is 18.0 Å². The molecular formula is C15H19F3N2O. The molecule has 116 valence electrons. The fourth-order valence-electron chi connectivity index (χ4n) is 2.65. The van der Waals surface area contributed by atoms with Gasteiger partial charge in [0.05, 0.1) is 5.69 Å². The summed E-state index contributed by atoms with van der Waals surface area (Å²) in [5.74, 6) is -3.64. The van der Waals surface area contributed by atoms with Crippen LogP contribution in [0.5, 0.6) is 0 Å². The Kier molecular flexibility index (Phi) is 5.47. The number of hydrogen-bond acceptors (Lipinski definition) is 1. The Hall–Kier alpha value is -1.72. The Morgan fingerprint density at radius 3 is 2.52 bits per heavy atom. The van der Waals surface area contributed by atoms with Crippen molar-refractivity contribution >= 4 is 11.7 Å². The van der Waals surface area contributed by atoms with Gasteiger partial charge in [-0.05, 0) is 24.5 Å². The van der Waals surface area contributed by atoms with E-state index in [4.69, 9.17) is 0 Å². The van der Waals surface area contributed by atoms with Gasteiger partial charge >= 0.3 is 6.03 Å². The lowest BCUT2D eigenvalue weighted by Crippen LogP contribution is -2.31. The van der Waals surface area contributed by atoms with Crippen LogP contribution in [0.1, 0.15) is 38.5 Å². The first-order valence-electron chi connectivity index (χ1n) is 7.26. The molecule has 2 N–H and O–H groups in total. The smallest absolute Gasteiger partial charge is 0.319 e. The van der Waals surface area contributed by atoms with Gasteiger partial charge in [0.25, 0.3) is 0 Å². The zero-order valence-corrected chi connectivity index (χ0v) is 11.7. The summed E-state index contributed by atoms with van der Waals surface area (Å²) in [7, 11) is 0. The zero-order valence-electron chi connectivity index (χ0n) is 11.7. The predicted molar refractivity (Wildman–Crippen MR) is 74.5 cm³/mol. The normalized spacial score (nSPS) is 15.8. The summed E-state index contributed by atoms with van der Waals surface area (Å²) in [5, 5.41) is 4.79. The molecule has 2 rings (SSSR count). The molecule has 1 aromatic rings.